The minimum Gasteiger partial charge on any atom is -0.398 e. The summed E-state index contributed by atoms with van der Waals surface area (Å²) >= 11 is 7.61. The van der Waals surface area contributed by atoms with Gasteiger partial charge in [-0.2, -0.15) is 0 Å². The summed E-state index contributed by atoms with van der Waals surface area (Å²) in [6.45, 7) is 1.51. The van der Waals surface area contributed by atoms with Crippen molar-refractivity contribution in [3.05, 3.63) is 53.1 Å². The van der Waals surface area contributed by atoms with Gasteiger partial charge < -0.3 is 5.73 Å². The van der Waals surface area contributed by atoms with E-state index in [9.17, 15) is 4.79 Å². The molecule has 0 aliphatic rings. The fourth-order valence-electron chi connectivity index (χ4n) is 1.56. The Balaban J connectivity index is 2.33. The van der Waals surface area contributed by atoms with E-state index in [0.717, 1.165) is 9.79 Å². The van der Waals surface area contributed by atoms with Crippen LogP contribution in [0.4, 0.5) is 5.69 Å². The van der Waals surface area contributed by atoms with Crippen LogP contribution < -0.4 is 5.73 Å². The van der Waals surface area contributed by atoms with Gasteiger partial charge in [0, 0.05) is 21.0 Å². The fraction of sp³-hybridized carbons (Fsp3) is 0.0714. The normalized spacial score (nSPS) is 10.3. The lowest BCUT2D eigenvalue weighted by atomic mass is 10.1. The minimum absolute atomic E-state index is 0.0332. The second kappa shape index (κ2) is 5.46. The van der Waals surface area contributed by atoms with Crippen molar-refractivity contribution in [3.8, 4) is 0 Å². The predicted molar refractivity (Wildman–Crippen MR) is 76.4 cm³/mol. The quantitative estimate of drug-likeness (QED) is 0.673. The molecule has 92 valence electrons. The van der Waals surface area contributed by atoms with Crippen molar-refractivity contribution in [1.29, 1.82) is 0 Å². The molecule has 2 N–H and O–H groups in total. The van der Waals surface area contributed by atoms with Crippen LogP contribution in [0.15, 0.2) is 52.3 Å². The van der Waals surface area contributed by atoms with Gasteiger partial charge in [-0.25, -0.2) is 0 Å². The highest BCUT2D eigenvalue weighted by atomic mass is 35.5. The van der Waals surface area contributed by atoms with Gasteiger partial charge in [-0.05, 0) is 37.3 Å². The Bertz CT molecular complexity index is 598. The van der Waals surface area contributed by atoms with Gasteiger partial charge in [-0.15, -0.1) is 0 Å². The zero-order valence-corrected chi connectivity index (χ0v) is 11.4. The molecule has 0 amide bonds. The van der Waals surface area contributed by atoms with Crippen LogP contribution in [0.1, 0.15) is 17.3 Å². The van der Waals surface area contributed by atoms with E-state index in [-0.39, 0.29) is 5.78 Å². The van der Waals surface area contributed by atoms with E-state index < -0.39 is 0 Å². The molecule has 0 heterocycles. The van der Waals surface area contributed by atoms with Crippen molar-refractivity contribution in [2.24, 2.45) is 0 Å². The maximum atomic E-state index is 11.4. The Morgan fingerprint density at radius 1 is 1.22 bits per heavy atom. The number of halogens is 1. The standard InChI is InChI=1S/C14H12ClNOS/c1-9(17)11-8-10(6-7-13(11)16)18-14-5-3-2-4-12(14)15/h2-8H,16H2,1H3. The molecule has 18 heavy (non-hydrogen) atoms. The molecule has 0 aromatic heterocycles. The molecule has 0 fully saturated rings. The summed E-state index contributed by atoms with van der Waals surface area (Å²) in [7, 11) is 0. The number of benzene rings is 2. The van der Waals surface area contributed by atoms with Crippen molar-refractivity contribution < 1.29 is 4.79 Å². The molecule has 0 atom stereocenters. The average molecular weight is 278 g/mol. The van der Waals surface area contributed by atoms with Gasteiger partial charge in [0.2, 0.25) is 0 Å². The smallest absolute Gasteiger partial charge is 0.161 e. The van der Waals surface area contributed by atoms with Crippen molar-refractivity contribution in [2.75, 3.05) is 5.73 Å². The number of nitrogen functional groups attached to an aromatic ring is 1. The number of nitrogens with two attached hydrogens (primary N) is 1. The number of carbonyl (C=O) groups excluding carboxylic acids is 1. The first-order valence-corrected chi connectivity index (χ1v) is 6.60. The Hall–Kier alpha value is -1.45. The highest BCUT2D eigenvalue weighted by molar-refractivity contribution is 7.99. The third kappa shape index (κ3) is 2.86. The molecule has 2 aromatic carbocycles. The molecular formula is C14H12ClNOS. The molecule has 4 heteroatoms. The summed E-state index contributed by atoms with van der Waals surface area (Å²) in [6, 6.07) is 13.0. The van der Waals surface area contributed by atoms with Crippen LogP contribution in [0.3, 0.4) is 0 Å². The van der Waals surface area contributed by atoms with Crippen LogP contribution >= 0.6 is 23.4 Å². The number of rotatable bonds is 3. The van der Waals surface area contributed by atoms with Crippen molar-refractivity contribution in [1.82, 2.24) is 0 Å². The van der Waals surface area contributed by atoms with Gasteiger partial charge in [0.25, 0.3) is 0 Å². The predicted octanol–water partition coefficient (Wildman–Crippen LogP) is 4.28. The second-order valence-electron chi connectivity index (χ2n) is 3.84. The first-order valence-electron chi connectivity index (χ1n) is 5.41. The first-order chi connectivity index (χ1) is 8.58. The van der Waals surface area contributed by atoms with E-state index in [1.54, 1.807) is 12.1 Å². The third-order valence-corrected chi connectivity index (χ3v) is 3.98. The number of hydrogen-bond donors (Lipinski definition) is 1. The Labute approximate surface area is 115 Å². The maximum absolute atomic E-state index is 11.4. The Morgan fingerprint density at radius 3 is 2.61 bits per heavy atom. The second-order valence-corrected chi connectivity index (χ2v) is 5.36. The van der Waals surface area contributed by atoms with Gasteiger partial charge in [-0.1, -0.05) is 35.5 Å². The highest BCUT2D eigenvalue weighted by Gasteiger charge is 2.08. The Morgan fingerprint density at radius 2 is 1.94 bits per heavy atom. The van der Waals surface area contributed by atoms with Crippen LogP contribution in [0.2, 0.25) is 5.02 Å². The van der Waals surface area contributed by atoms with Crippen molar-refractivity contribution in [2.45, 2.75) is 16.7 Å². The number of anilines is 1. The molecule has 0 aliphatic heterocycles. The SMILES string of the molecule is CC(=O)c1cc(Sc2ccccc2Cl)ccc1N. The summed E-state index contributed by atoms with van der Waals surface area (Å²) < 4.78 is 0. The molecule has 2 rings (SSSR count). The molecule has 0 unspecified atom stereocenters. The van der Waals surface area contributed by atoms with E-state index in [2.05, 4.69) is 0 Å². The van der Waals surface area contributed by atoms with Crippen LogP contribution in [-0.2, 0) is 0 Å². The molecule has 0 saturated heterocycles. The van der Waals surface area contributed by atoms with E-state index in [1.807, 2.05) is 30.3 Å². The molecule has 0 aliphatic carbocycles. The van der Waals surface area contributed by atoms with E-state index in [0.29, 0.717) is 16.3 Å². The summed E-state index contributed by atoms with van der Waals surface area (Å²) in [6.07, 6.45) is 0. The van der Waals surface area contributed by atoms with E-state index in [1.165, 1.54) is 18.7 Å². The summed E-state index contributed by atoms with van der Waals surface area (Å²) in [4.78, 5) is 13.3. The lowest BCUT2D eigenvalue weighted by Crippen LogP contribution is -1.99. The van der Waals surface area contributed by atoms with Gasteiger partial charge in [0.1, 0.15) is 0 Å². The molecule has 0 spiro atoms. The average Bonchev–Trinajstić information content (AvgIpc) is 2.34. The van der Waals surface area contributed by atoms with Crippen LogP contribution in [0, 0.1) is 0 Å². The molecule has 0 bridgehead atoms. The van der Waals surface area contributed by atoms with Crippen molar-refractivity contribution in [3.63, 3.8) is 0 Å². The van der Waals surface area contributed by atoms with E-state index in [4.69, 9.17) is 17.3 Å². The minimum atomic E-state index is -0.0332. The van der Waals surface area contributed by atoms with Crippen LogP contribution in [0.25, 0.3) is 0 Å². The van der Waals surface area contributed by atoms with Gasteiger partial charge in [-0.3, -0.25) is 4.79 Å². The number of Topliss-reactive ketones (excluding diaryl/α,β-unsaturated/α-hetero) is 1. The van der Waals surface area contributed by atoms with Crippen LogP contribution in [0.5, 0.6) is 0 Å². The lowest BCUT2D eigenvalue weighted by Gasteiger charge is -2.07. The van der Waals surface area contributed by atoms with Gasteiger partial charge >= 0.3 is 0 Å². The molecule has 0 radical (unpaired) electrons. The molecule has 2 aromatic rings. The molecule has 2 nitrogen and oxygen atoms in total. The van der Waals surface area contributed by atoms with Gasteiger partial charge in [0.05, 0.1) is 5.02 Å². The lowest BCUT2D eigenvalue weighted by molar-refractivity contribution is 0.101. The molecule has 0 saturated carbocycles. The third-order valence-electron chi connectivity index (χ3n) is 2.47. The first kappa shape index (κ1) is 13.0. The summed E-state index contributed by atoms with van der Waals surface area (Å²) in [5, 5.41) is 0.698. The largest absolute Gasteiger partial charge is 0.398 e. The fourth-order valence-corrected chi connectivity index (χ4v) is 2.69. The topological polar surface area (TPSA) is 43.1 Å². The monoisotopic (exact) mass is 277 g/mol. The number of hydrogen-bond acceptors (Lipinski definition) is 3. The summed E-state index contributed by atoms with van der Waals surface area (Å²) in [5.74, 6) is -0.0332. The highest BCUT2D eigenvalue weighted by Crippen LogP contribution is 2.34. The van der Waals surface area contributed by atoms with E-state index >= 15 is 0 Å². The Kier molecular flexibility index (Phi) is 3.94. The number of ketones is 1. The van der Waals surface area contributed by atoms with Crippen LogP contribution in [-0.4, -0.2) is 5.78 Å². The maximum Gasteiger partial charge on any atom is 0.161 e. The van der Waals surface area contributed by atoms with Gasteiger partial charge in [0.15, 0.2) is 5.78 Å². The zero-order chi connectivity index (χ0) is 13.1. The zero-order valence-electron chi connectivity index (χ0n) is 9.81. The summed E-state index contributed by atoms with van der Waals surface area (Å²) in [5.41, 5.74) is 6.81. The van der Waals surface area contributed by atoms with Crippen molar-refractivity contribution >= 4 is 34.8 Å². The molecular weight excluding hydrogens is 266 g/mol. The number of carbonyl (C=O) groups is 1.